The van der Waals surface area contributed by atoms with Gasteiger partial charge in [-0.05, 0) is 65.9 Å². The van der Waals surface area contributed by atoms with Gasteiger partial charge >= 0.3 is 5.97 Å². The molecule has 0 saturated heterocycles. The molecule has 0 aliphatic carbocycles. The van der Waals surface area contributed by atoms with Crippen LogP contribution in [0.25, 0.3) is 10.8 Å². The zero-order valence-corrected chi connectivity index (χ0v) is 20.2. The molecule has 3 rings (SSSR count). The maximum Gasteiger partial charge on any atom is 0.337 e. The van der Waals surface area contributed by atoms with Crippen molar-refractivity contribution >= 4 is 28.3 Å². The first-order chi connectivity index (χ1) is 16.9. The van der Waals surface area contributed by atoms with E-state index in [9.17, 15) is 10.0 Å². The number of pyridine rings is 1. The van der Waals surface area contributed by atoms with E-state index in [0.717, 1.165) is 29.4 Å². The van der Waals surface area contributed by atoms with Crippen LogP contribution in [0.5, 0.6) is 17.4 Å². The number of aromatic nitrogens is 1. The number of hydrogen-bond donors (Lipinski definition) is 3. The van der Waals surface area contributed by atoms with E-state index in [2.05, 4.69) is 24.0 Å². The minimum Gasteiger partial charge on any atom is -0.493 e. The van der Waals surface area contributed by atoms with Gasteiger partial charge in [0.05, 0.1) is 12.2 Å². The fraction of sp³-hybridized carbons (Fsp3) is 0.259. The molecule has 1 heterocycles. The molecule has 0 spiro atoms. The number of rotatable bonds is 13. The molecular formula is C27H29ClN2O5. The number of benzene rings is 2. The van der Waals surface area contributed by atoms with Crippen molar-refractivity contribution in [3.63, 3.8) is 0 Å². The number of carbonyl (C=O) groups is 1. The number of allylic oxidation sites excluding steroid dienone is 3. The van der Waals surface area contributed by atoms with Crippen molar-refractivity contribution in [2.75, 3.05) is 13.2 Å². The summed E-state index contributed by atoms with van der Waals surface area (Å²) >= 11 is 5.75. The fourth-order valence-corrected chi connectivity index (χ4v) is 3.68. The lowest BCUT2D eigenvalue weighted by Gasteiger charge is -2.23. The summed E-state index contributed by atoms with van der Waals surface area (Å²) in [6, 6.07) is 14.4. The third-order valence-corrected chi connectivity index (χ3v) is 5.82. The average molecular weight is 497 g/mol. The number of nitrogens with zero attached hydrogens (tertiary/aromatic N) is 1. The summed E-state index contributed by atoms with van der Waals surface area (Å²) in [5, 5.41) is 20.7. The van der Waals surface area contributed by atoms with Crippen molar-refractivity contribution in [3.8, 4) is 17.4 Å². The SMILES string of the molecule is C=C(Cl)/C=C\CCC(C)C(CNO)COc1ccc2cc(Oc3ccc(C(=O)O)cn3)ccc2c1. The summed E-state index contributed by atoms with van der Waals surface area (Å²) < 4.78 is 11.8. The van der Waals surface area contributed by atoms with Crippen molar-refractivity contribution in [1.29, 1.82) is 0 Å². The molecule has 0 aliphatic heterocycles. The molecule has 0 saturated carbocycles. The van der Waals surface area contributed by atoms with Gasteiger partial charge in [0.15, 0.2) is 0 Å². The Labute approximate surface area is 209 Å². The Hall–Kier alpha value is -3.39. The third kappa shape index (κ3) is 8.10. The molecular weight excluding hydrogens is 468 g/mol. The summed E-state index contributed by atoms with van der Waals surface area (Å²) in [5.74, 6) is 1.06. The van der Waals surface area contributed by atoms with Gasteiger partial charge in [0.25, 0.3) is 0 Å². The molecule has 3 aromatic rings. The Kier molecular flexibility index (Phi) is 9.66. The maximum atomic E-state index is 11.0. The number of hydroxylamine groups is 1. The molecule has 0 bridgehead atoms. The standard InChI is InChI=1S/C27H29ClN2O5/c1-18(5-3-4-6-19(2)28)23(16-30-33)17-34-24-10-7-21-14-25(11-8-20(21)13-24)35-26-12-9-22(15-29-26)27(31)32/h4,6-15,18,23,30,33H,2-3,5,16-17H2,1H3,(H,31,32)/b6-4-. The Morgan fingerprint density at radius 3 is 2.51 bits per heavy atom. The largest absolute Gasteiger partial charge is 0.493 e. The number of fused-ring (bicyclic) bond motifs is 1. The zero-order chi connectivity index (χ0) is 25.2. The monoisotopic (exact) mass is 496 g/mol. The van der Waals surface area contributed by atoms with E-state index in [1.54, 1.807) is 6.08 Å². The normalized spacial score (nSPS) is 13.0. The molecule has 2 atom stereocenters. The summed E-state index contributed by atoms with van der Waals surface area (Å²) in [5.41, 5.74) is 2.38. The highest BCUT2D eigenvalue weighted by Gasteiger charge is 2.17. The molecule has 8 heteroatoms. The third-order valence-electron chi connectivity index (χ3n) is 5.70. The maximum absolute atomic E-state index is 11.0. The second-order valence-electron chi connectivity index (χ2n) is 8.30. The highest BCUT2D eigenvalue weighted by atomic mass is 35.5. The van der Waals surface area contributed by atoms with E-state index in [0.29, 0.717) is 35.7 Å². The van der Waals surface area contributed by atoms with Gasteiger partial charge in [0, 0.05) is 29.8 Å². The number of nitrogens with one attached hydrogen (secondary N) is 1. The van der Waals surface area contributed by atoms with Crippen LogP contribution >= 0.6 is 11.6 Å². The van der Waals surface area contributed by atoms with E-state index in [-0.39, 0.29) is 11.5 Å². The highest BCUT2D eigenvalue weighted by Crippen LogP contribution is 2.28. The number of ether oxygens (including phenoxy) is 2. The molecule has 184 valence electrons. The van der Waals surface area contributed by atoms with Crippen LogP contribution in [0.4, 0.5) is 0 Å². The lowest BCUT2D eigenvalue weighted by molar-refractivity contribution is 0.0696. The van der Waals surface area contributed by atoms with Crippen LogP contribution in [0.15, 0.2) is 78.5 Å². The molecule has 2 unspecified atom stereocenters. The van der Waals surface area contributed by atoms with Gasteiger partial charge in [-0.3, -0.25) is 0 Å². The van der Waals surface area contributed by atoms with Crippen LogP contribution in [0.2, 0.25) is 0 Å². The molecule has 0 amide bonds. The fourth-order valence-electron chi connectivity index (χ4n) is 3.59. The number of aromatic carboxylic acids is 1. The molecule has 1 aromatic heterocycles. The first-order valence-corrected chi connectivity index (χ1v) is 11.6. The van der Waals surface area contributed by atoms with E-state index in [1.165, 1.54) is 18.3 Å². The number of carboxylic acid groups (broad SMARTS) is 1. The van der Waals surface area contributed by atoms with Gasteiger partial charge in [-0.15, -0.1) is 0 Å². The second kappa shape index (κ2) is 12.9. The van der Waals surface area contributed by atoms with Crippen molar-refractivity contribution in [2.45, 2.75) is 19.8 Å². The van der Waals surface area contributed by atoms with E-state index >= 15 is 0 Å². The molecule has 7 nitrogen and oxygen atoms in total. The van der Waals surface area contributed by atoms with Crippen LogP contribution in [0.3, 0.4) is 0 Å². The molecule has 0 fully saturated rings. The Morgan fingerprint density at radius 2 is 1.89 bits per heavy atom. The van der Waals surface area contributed by atoms with Gasteiger partial charge in [-0.2, -0.15) is 0 Å². The van der Waals surface area contributed by atoms with Crippen molar-refractivity contribution in [2.24, 2.45) is 11.8 Å². The van der Waals surface area contributed by atoms with Crippen molar-refractivity contribution < 1.29 is 24.6 Å². The van der Waals surface area contributed by atoms with Crippen LogP contribution in [0.1, 0.15) is 30.1 Å². The number of hydrogen-bond acceptors (Lipinski definition) is 6. The van der Waals surface area contributed by atoms with Crippen LogP contribution in [0, 0.1) is 11.8 Å². The van der Waals surface area contributed by atoms with Gasteiger partial charge in [0.1, 0.15) is 11.5 Å². The predicted molar refractivity (Wildman–Crippen MR) is 137 cm³/mol. The van der Waals surface area contributed by atoms with Crippen molar-refractivity contribution in [3.05, 3.63) is 84.1 Å². The lowest BCUT2D eigenvalue weighted by atomic mass is 9.90. The lowest BCUT2D eigenvalue weighted by Crippen LogP contribution is -2.30. The molecule has 0 aliphatic rings. The topological polar surface area (TPSA) is 101 Å². The smallest absolute Gasteiger partial charge is 0.337 e. The highest BCUT2D eigenvalue weighted by molar-refractivity contribution is 6.30. The van der Waals surface area contributed by atoms with Gasteiger partial charge in [-0.1, -0.05) is 43.3 Å². The van der Waals surface area contributed by atoms with E-state index in [1.807, 2.05) is 42.5 Å². The minimum atomic E-state index is -1.03. The number of halogens is 1. The zero-order valence-electron chi connectivity index (χ0n) is 19.5. The van der Waals surface area contributed by atoms with Crippen LogP contribution in [-0.4, -0.2) is 34.4 Å². The van der Waals surface area contributed by atoms with E-state index in [4.69, 9.17) is 26.2 Å². The van der Waals surface area contributed by atoms with Crippen LogP contribution in [-0.2, 0) is 0 Å². The Bertz CT molecular complexity index is 1180. The summed E-state index contributed by atoms with van der Waals surface area (Å²) in [7, 11) is 0. The molecule has 2 aromatic carbocycles. The van der Waals surface area contributed by atoms with Crippen LogP contribution < -0.4 is 15.0 Å². The van der Waals surface area contributed by atoms with Crippen molar-refractivity contribution in [1.82, 2.24) is 10.5 Å². The molecule has 3 N–H and O–H groups in total. The van der Waals surface area contributed by atoms with Gasteiger partial charge < -0.3 is 19.8 Å². The quantitative estimate of drug-likeness (QED) is 0.185. The summed E-state index contributed by atoms with van der Waals surface area (Å²) in [6.07, 6.45) is 6.86. The summed E-state index contributed by atoms with van der Waals surface area (Å²) in [6.45, 7) is 6.68. The predicted octanol–water partition coefficient (Wildman–Crippen LogP) is 6.42. The Balaban J connectivity index is 1.61. The first kappa shape index (κ1) is 26.2. The first-order valence-electron chi connectivity index (χ1n) is 11.3. The summed E-state index contributed by atoms with van der Waals surface area (Å²) in [4.78, 5) is 15.0. The average Bonchev–Trinajstić information content (AvgIpc) is 2.84. The second-order valence-corrected chi connectivity index (χ2v) is 8.79. The van der Waals surface area contributed by atoms with Gasteiger partial charge in [-0.25, -0.2) is 15.3 Å². The number of carboxylic acids is 1. The molecule has 0 radical (unpaired) electrons. The Morgan fingerprint density at radius 1 is 1.17 bits per heavy atom. The van der Waals surface area contributed by atoms with E-state index < -0.39 is 5.97 Å². The minimum absolute atomic E-state index is 0.101. The molecule has 35 heavy (non-hydrogen) atoms. The van der Waals surface area contributed by atoms with Gasteiger partial charge in [0.2, 0.25) is 5.88 Å².